The van der Waals surface area contributed by atoms with E-state index in [0.717, 1.165) is 12.8 Å². The van der Waals surface area contributed by atoms with Crippen LogP contribution in [0.3, 0.4) is 0 Å². The largest absolute Gasteiger partial charge is 0.478 e. The summed E-state index contributed by atoms with van der Waals surface area (Å²) in [6.45, 7) is 2.03. The third-order valence-electron chi connectivity index (χ3n) is 6.11. The molecule has 0 aliphatic rings. The van der Waals surface area contributed by atoms with E-state index in [1.54, 1.807) is 12.1 Å². The smallest absolute Gasteiger partial charge is 0.335 e. The molecule has 3 rings (SSSR count). The van der Waals surface area contributed by atoms with Crippen molar-refractivity contribution in [3.63, 3.8) is 0 Å². The van der Waals surface area contributed by atoms with Crippen LogP contribution in [0.25, 0.3) is 0 Å². The lowest BCUT2D eigenvalue weighted by Gasteiger charge is -2.20. The molecule has 40 heavy (non-hydrogen) atoms. The second kappa shape index (κ2) is 13.2. The highest BCUT2D eigenvalue weighted by molar-refractivity contribution is 5.93. The molecule has 1 atom stereocenters. The molecule has 0 bridgehead atoms. The number of carboxylic acid groups (broad SMARTS) is 1. The number of rotatable bonds is 12. The van der Waals surface area contributed by atoms with Gasteiger partial charge in [-0.25, -0.2) is 37.2 Å². The summed E-state index contributed by atoms with van der Waals surface area (Å²) in [5, 5.41) is 20.4. The van der Waals surface area contributed by atoms with E-state index in [9.17, 15) is 36.3 Å². The molecular formula is C26H25F5N4O5. The lowest BCUT2D eigenvalue weighted by atomic mass is 10.0. The highest BCUT2D eigenvalue weighted by Crippen LogP contribution is 2.25. The maximum absolute atomic E-state index is 14.3. The minimum absolute atomic E-state index is 0.0415. The maximum Gasteiger partial charge on any atom is 0.335 e. The summed E-state index contributed by atoms with van der Waals surface area (Å²) in [7, 11) is 0. The van der Waals surface area contributed by atoms with Gasteiger partial charge in [-0.05, 0) is 30.5 Å². The topological polar surface area (TPSA) is 134 Å². The van der Waals surface area contributed by atoms with Crippen molar-refractivity contribution in [2.45, 2.75) is 51.6 Å². The fraction of sp³-hybridized carbons (Fsp3) is 0.308. The minimum atomic E-state index is -2.35. The number of aromatic nitrogens is 2. The molecule has 1 heterocycles. The number of hydrogen-bond donors (Lipinski definition) is 4. The number of hydroxylamine groups is 1. The zero-order chi connectivity index (χ0) is 29.6. The molecule has 2 amide bonds. The predicted octanol–water partition coefficient (Wildman–Crippen LogP) is 3.90. The van der Waals surface area contributed by atoms with Crippen LogP contribution >= 0.6 is 0 Å². The Kier molecular flexibility index (Phi) is 9.93. The third-order valence-corrected chi connectivity index (χ3v) is 6.11. The van der Waals surface area contributed by atoms with Crippen molar-refractivity contribution in [1.82, 2.24) is 20.3 Å². The molecular weight excluding hydrogens is 543 g/mol. The Bertz CT molecular complexity index is 1380. The SMILES string of the molecule is CCCCc1ncc(C(=O)N[C@@H](CC(=O)NO)Cc2c(F)c(F)c(F)c(F)c2F)n1Cc1ccc(C(=O)O)cc1. The van der Waals surface area contributed by atoms with Gasteiger partial charge >= 0.3 is 5.97 Å². The number of halogens is 5. The van der Waals surface area contributed by atoms with Crippen LogP contribution < -0.4 is 10.8 Å². The molecule has 3 aromatic rings. The average Bonchev–Trinajstić information content (AvgIpc) is 3.34. The van der Waals surface area contributed by atoms with Gasteiger partial charge < -0.3 is 15.0 Å². The van der Waals surface area contributed by atoms with E-state index < -0.39 is 71.3 Å². The number of aromatic carboxylic acids is 1. The van der Waals surface area contributed by atoms with Gasteiger partial charge in [0, 0.05) is 31.0 Å². The van der Waals surface area contributed by atoms with Crippen LogP contribution in [-0.4, -0.2) is 43.7 Å². The Hall–Kier alpha value is -4.33. The van der Waals surface area contributed by atoms with Gasteiger partial charge in [0.15, 0.2) is 23.3 Å². The van der Waals surface area contributed by atoms with Crippen molar-refractivity contribution in [3.8, 4) is 0 Å². The van der Waals surface area contributed by atoms with Crippen LogP contribution in [0.5, 0.6) is 0 Å². The van der Waals surface area contributed by atoms with Gasteiger partial charge in [-0.1, -0.05) is 25.5 Å². The Morgan fingerprint density at radius 3 is 2.12 bits per heavy atom. The Morgan fingerprint density at radius 1 is 0.975 bits per heavy atom. The number of amides is 2. The monoisotopic (exact) mass is 568 g/mol. The molecule has 214 valence electrons. The van der Waals surface area contributed by atoms with Gasteiger partial charge in [-0.15, -0.1) is 0 Å². The molecule has 0 saturated heterocycles. The fourth-order valence-corrected chi connectivity index (χ4v) is 4.02. The zero-order valence-corrected chi connectivity index (χ0v) is 21.1. The van der Waals surface area contributed by atoms with Crippen LogP contribution in [0.15, 0.2) is 30.5 Å². The number of unbranched alkanes of at least 4 members (excludes halogenated alkanes) is 1. The summed E-state index contributed by atoms with van der Waals surface area (Å²) in [6.07, 6.45) is 1.48. The lowest BCUT2D eigenvalue weighted by Crippen LogP contribution is -2.41. The lowest BCUT2D eigenvalue weighted by molar-refractivity contribution is -0.129. The summed E-state index contributed by atoms with van der Waals surface area (Å²) in [5.41, 5.74) is 0.676. The van der Waals surface area contributed by atoms with Crippen molar-refractivity contribution in [3.05, 3.63) is 87.8 Å². The fourth-order valence-electron chi connectivity index (χ4n) is 4.02. The number of carbonyl (C=O) groups excluding carboxylic acids is 2. The number of nitrogens with zero attached hydrogens (tertiary/aromatic N) is 2. The first-order valence-electron chi connectivity index (χ1n) is 12.1. The first-order valence-corrected chi connectivity index (χ1v) is 12.1. The number of aryl methyl sites for hydroxylation is 1. The zero-order valence-electron chi connectivity index (χ0n) is 21.1. The van der Waals surface area contributed by atoms with Crippen LogP contribution in [0.1, 0.15) is 64.0 Å². The second-order valence-electron chi connectivity index (χ2n) is 8.91. The van der Waals surface area contributed by atoms with Gasteiger partial charge in [0.2, 0.25) is 11.7 Å². The minimum Gasteiger partial charge on any atom is -0.478 e. The van der Waals surface area contributed by atoms with Gasteiger partial charge in [0.1, 0.15) is 11.5 Å². The number of carbonyl (C=O) groups is 3. The quantitative estimate of drug-likeness (QED) is 0.0861. The van der Waals surface area contributed by atoms with Gasteiger partial charge in [0.25, 0.3) is 5.91 Å². The number of carboxylic acids is 1. The molecule has 9 nitrogen and oxygen atoms in total. The summed E-state index contributed by atoms with van der Waals surface area (Å²) in [4.78, 5) is 40.5. The Labute approximate surface area is 224 Å². The van der Waals surface area contributed by atoms with Gasteiger partial charge in [-0.2, -0.15) is 0 Å². The molecule has 4 N–H and O–H groups in total. The van der Waals surface area contributed by atoms with Crippen LogP contribution in [0, 0.1) is 29.1 Å². The maximum atomic E-state index is 14.3. The molecule has 0 saturated carbocycles. The second-order valence-corrected chi connectivity index (χ2v) is 8.91. The predicted molar refractivity (Wildman–Crippen MR) is 129 cm³/mol. The van der Waals surface area contributed by atoms with E-state index in [2.05, 4.69) is 10.3 Å². The normalized spacial score (nSPS) is 11.8. The number of hydrogen-bond acceptors (Lipinski definition) is 5. The first kappa shape index (κ1) is 30.2. The Morgan fingerprint density at radius 2 is 1.57 bits per heavy atom. The number of nitrogens with one attached hydrogen (secondary N) is 2. The van der Waals surface area contributed by atoms with Crippen LogP contribution in [-0.2, 0) is 24.2 Å². The summed E-state index contributed by atoms with van der Waals surface area (Å²) in [5.74, 6) is -13.5. The van der Waals surface area contributed by atoms with Crippen molar-refractivity contribution < 1.29 is 46.6 Å². The number of imidazole rings is 1. The van der Waals surface area contributed by atoms with E-state index in [4.69, 9.17) is 10.3 Å². The molecule has 2 aromatic carbocycles. The summed E-state index contributed by atoms with van der Waals surface area (Å²) < 4.78 is 71.1. The third kappa shape index (κ3) is 6.81. The van der Waals surface area contributed by atoms with Crippen LogP contribution in [0.2, 0.25) is 0 Å². The highest BCUT2D eigenvalue weighted by Gasteiger charge is 2.29. The van der Waals surface area contributed by atoms with Gasteiger partial charge in [-0.3, -0.25) is 14.8 Å². The number of benzene rings is 2. The Balaban J connectivity index is 1.94. The molecule has 0 fully saturated rings. The van der Waals surface area contributed by atoms with Gasteiger partial charge in [0.05, 0.1) is 11.8 Å². The first-order chi connectivity index (χ1) is 19.0. The van der Waals surface area contributed by atoms with Crippen molar-refractivity contribution in [2.75, 3.05) is 0 Å². The molecule has 14 heteroatoms. The van der Waals surface area contributed by atoms with Crippen molar-refractivity contribution in [2.24, 2.45) is 0 Å². The molecule has 0 unspecified atom stereocenters. The average molecular weight is 568 g/mol. The molecule has 0 radical (unpaired) electrons. The van der Waals surface area contributed by atoms with E-state index in [1.165, 1.54) is 28.4 Å². The van der Waals surface area contributed by atoms with Crippen LogP contribution in [0.4, 0.5) is 22.0 Å². The standard InChI is InChI=1S/C26H25F5N4O5/c1-2-3-4-18-32-11-17(35(18)12-13-5-7-14(8-6-13)26(38)39)25(37)33-15(10-19(36)34-40)9-16-20(27)22(29)24(31)23(30)21(16)28/h5-8,11,15,40H,2-4,9-10,12H2,1H3,(H,33,37)(H,34,36)(H,38,39)/t15-/m1/s1. The highest BCUT2D eigenvalue weighted by atomic mass is 19.2. The van der Waals surface area contributed by atoms with Crippen molar-refractivity contribution in [1.29, 1.82) is 0 Å². The molecule has 0 aliphatic carbocycles. The molecule has 0 spiro atoms. The van der Waals surface area contributed by atoms with E-state index >= 15 is 0 Å². The van der Waals surface area contributed by atoms with E-state index in [0.29, 0.717) is 17.8 Å². The summed E-state index contributed by atoms with van der Waals surface area (Å²) in [6, 6.07) is 4.35. The van der Waals surface area contributed by atoms with E-state index in [1.807, 2.05) is 6.92 Å². The molecule has 1 aromatic heterocycles. The van der Waals surface area contributed by atoms with E-state index in [-0.39, 0.29) is 17.8 Å². The molecule has 0 aliphatic heterocycles. The summed E-state index contributed by atoms with van der Waals surface area (Å²) >= 11 is 0. The van der Waals surface area contributed by atoms with Crippen molar-refractivity contribution >= 4 is 17.8 Å².